The van der Waals surface area contributed by atoms with Gasteiger partial charge in [-0.05, 0) is 43.5 Å². The van der Waals surface area contributed by atoms with Gasteiger partial charge >= 0.3 is 5.97 Å². The Hall–Kier alpha value is -2.82. The van der Waals surface area contributed by atoms with E-state index in [1.165, 1.54) is 5.56 Å². The van der Waals surface area contributed by atoms with Crippen molar-refractivity contribution in [3.63, 3.8) is 0 Å². The lowest BCUT2D eigenvalue weighted by molar-refractivity contribution is -0.139. The molecule has 0 aromatic heterocycles. The van der Waals surface area contributed by atoms with Crippen molar-refractivity contribution in [3.05, 3.63) is 65.2 Å². The number of benzene rings is 2. The lowest BCUT2D eigenvalue weighted by Crippen LogP contribution is -2.26. The second-order valence-corrected chi connectivity index (χ2v) is 6.03. The number of amides is 1. The van der Waals surface area contributed by atoms with Gasteiger partial charge in [0.05, 0.1) is 6.04 Å². The molecule has 1 unspecified atom stereocenters. The van der Waals surface area contributed by atoms with Crippen LogP contribution in [0.1, 0.15) is 36.1 Å². The monoisotopic (exact) mass is 341 g/mol. The molecule has 5 heteroatoms. The number of carbonyl (C=O) groups excluding carboxylic acids is 1. The van der Waals surface area contributed by atoms with Gasteiger partial charge in [-0.25, -0.2) is 4.79 Å². The van der Waals surface area contributed by atoms with Crippen molar-refractivity contribution >= 4 is 11.9 Å². The highest BCUT2D eigenvalue weighted by Crippen LogP contribution is 2.18. The summed E-state index contributed by atoms with van der Waals surface area (Å²) >= 11 is 0. The molecule has 0 spiro atoms. The molecule has 5 nitrogen and oxygen atoms in total. The summed E-state index contributed by atoms with van der Waals surface area (Å²) in [4.78, 5) is 22.6. The highest BCUT2D eigenvalue weighted by molar-refractivity contribution is 5.76. The number of carboxylic acids is 1. The number of nitrogens with one attached hydrogen (secondary N) is 1. The molecule has 1 amide bonds. The van der Waals surface area contributed by atoms with E-state index in [1.807, 2.05) is 50.2 Å². The molecule has 2 N–H and O–H groups in total. The van der Waals surface area contributed by atoms with E-state index in [2.05, 4.69) is 5.32 Å². The Labute approximate surface area is 147 Å². The van der Waals surface area contributed by atoms with E-state index < -0.39 is 5.97 Å². The fourth-order valence-electron chi connectivity index (χ4n) is 2.41. The average molecular weight is 341 g/mol. The van der Waals surface area contributed by atoms with Gasteiger partial charge in [0.15, 0.2) is 6.61 Å². The van der Waals surface area contributed by atoms with Gasteiger partial charge in [0.1, 0.15) is 5.75 Å². The maximum Gasteiger partial charge on any atom is 0.341 e. The van der Waals surface area contributed by atoms with Gasteiger partial charge in [-0.15, -0.1) is 0 Å². The van der Waals surface area contributed by atoms with Crippen molar-refractivity contribution < 1.29 is 19.4 Å². The van der Waals surface area contributed by atoms with Crippen LogP contribution in [-0.4, -0.2) is 23.6 Å². The SMILES string of the molecule is Cc1ccc(CCC(=O)NC(C)c2ccc(OCC(=O)O)cc2)cc1. The van der Waals surface area contributed by atoms with Crippen molar-refractivity contribution in [3.8, 4) is 5.75 Å². The van der Waals surface area contributed by atoms with Crippen LogP contribution in [0.25, 0.3) is 0 Å². The molecule has 132 valence electrons. The number of rotatable bonds is 8. The van der Waals surface area contributed by atoms with Gasteiger partial charge in [0.25, 0.3) is 0 Å². The lowest BCUT2D eigenvalue weighted by Gasteiger charge is -2.15. The van der Waals surface area contributed by atoms with Crippen molar-refractivity contribution in [2.24, 2.45) is 0 Å². The molecule has 0 saturated heterocycles. The Balaban J connectivity index is 1.81. The zero-order chi connectivity index (χ0) is 18.2. The van der Waals surface area contributed by atoms with Crippen LogP contribution < -0.4 is 10.1 Å². The Kier molecular flexibility index (Phi) is 6.57. The Morgan fingerprint density at radius 2 is 1.72 bits per heavy atom. The minimum atomic E-state index is -1.02. The summed E-state index contributed by atoms with van der Waals surface area (Å²) < 4.78 is 5.09. The van der Waals surface area contributed by atoms with Gasteiger partial charge in [-0.3, -0.25) is 4.79 Å². The first kappa shape index (κ1) is 18.5. The number of aryl methyl sites for hydroxylation is 2. The Bertz CT molecular complexity index is 707. The van der Waals surface area contributed by atoms with Crippen LogP contribution >= 0.6 is 0 Å². The fourth-order valence-corrected chi connectivity index (χ4v) is 2.41. The third kappa shape index (κ3) is 6.30. The largest absolute Gasteiger partial charge is 0.482 e. The standard InChI is InChI=1S/C20H23NO4/c1-14-3-5-16(6-4-14)7-12-19(22)21-15(2)17-8-10-18(11-9-17)25-13-20(23)24/h3-6,8-11,15H,7,12-13H2,1-2H3,(H,21,22)(H,23,24). The second-order valence-electron chi connectivity index (χ2n) is 6.03. The molecule has 0 aliphatic heterocycles. The quantitative estimate of drug-likeness (QED) is 0.773. The fraction of sp³-hybridized carbons (Fsp3) is 0.300. The van der Waals surface area contributed by atoms with Gasteiger partial charge in [-0.2, -0.15) is 0 Å². The molecule has 2 rings (SSSR count). The molecule has 2 aromatic carbocycles. The van der Waals surface area contributed by atoms with Crippen LogP contribution in [0.5, 0.6) is 5.75 Å². The Morgan fingerprint density at radius 3 is 2.32 bits per heavy atom. The van der Waals surface area contributed by atoms with E-state index in [0.29, 0.717) is 18.6 Å². The molecular weight excluding hydrogens is 318 g/mol. The van der Waals surface area contributed by atoms with Crippen molar-refractivity contribution in [2.75, 3.05) is 6.61 Å². The third-order valence-corrected chi connectivity index (χ3v) is 3.88. The molecule has 0 heterocycles. The number of hydrogen-bond acceptors (Lipinski definition) is 3. The first-order chi connectivity index (χ1) is 11.9. The van der Waals surface area contributed by atoms with Gasteiger partial charge < -0.3 is 15.2 Å². The van der Waals surface area contributed by atoms with Crippen molar-refractivity contribution in [2.45, 2.75) is 32.7 Å². The molecule has 0 bridgehead atoms. The zero-order valence-electron chi connectivity index (χ0n) is 14.5. The zero-order valence-corrected chi connectivity index (χ0v) is 14.5. The van der Waals surface area contributed by atoms with E-state index in [-0.39, 0.29) is 18.6 Å². The lowest BCUT2D eigenvalue weighted by atomic mass is 10.1. The molecule has 0 aliphatic carbocycles. The average Bonchev–Trinajstić information content (AvgIpc) is 2.60. The smallest absolute Gasteiger partial charge is 0.341 e. The van der Waals surface area contributed by atoms with Crippen molar-refractivity contribution in [1.82, 2.24) is 5.32 Å². The van der Waals surface area contributed by atoms with Gasteiger partial charge in [0.2, 0.25) is 5.91 Å². The normalized spacial score (nSPS) is 11.6. The van der Waals surface area contributed by atoms with E-state index in [9.17, 15) is 9.59 Å². The first-order valence-electron chi connectivity index (χ1n) is 8.23. The van der Waals surface area contributed by atoms with Crippen LogP contribution in [0.15, 0.2) is 48.5 Å². The van der Waals surface area contributed by atoms with Crippen LogP contribution in [0.3, 0.4) is 0 Å². The first-order valence-corrected chi connectivity index (χ1v) is 8.23. The summed E-state index contributed by atoms with van der Waals surface area (Å²) in [5.41, 5.74) is 3.29. The molecule has 0 aliphatic rings. The summed E-state index contributed by atoms with van der Waals surface area (Å²) in [6.45, 7) is 3.58. The number of ether oxygens (including phenoxy) is 1. The van der Waals surface area contributed by atoms with Crippen LogP contribution in [0, 0.1) is 6.92 Å². The minimum absolute atomic E-state index is 0.000668. The predicted octanol–water partition coefficient (Wildman–Crippen LogP) is 3.27. The predicted molar refractivity (Wildman–Crippen MR) is 95.6 cm³/mol. The van der Waals surface area contributed by atoms with E-state index in [1.54, 1.807) is 12.1 Å². The topological polar surface area (TPSA) is 75.6 Å². The number of aliphatic carboxylic acids is 1. The molecule has 0 fully saturated rings. The van der Waals surface area contributed by atoms with Crippen molar-refractivity contribution in [1.29, 1.82) is 0 Å². The molecule has 25 heavy (non-hydrogen) atoms. The summed E-state index contributed by atoms with van der Waals surface area (Å²) in [7, 11) is 0. The van der Waals surface area contributed by atoms with Gasteiger partial charge in [-0.1, -0.05) is 42.0 Å². The molecular formula is C20H23NO4. The summed E-state index contributed by atoms with van der Waals surface area (Å²) in [5.74, 6) is -0.526. The third-order valence-electron chi connectivity index (χ3n) is 3.88. The highest BCUT2D eigenvalue weighted by Gasteiger charge is 2.10. The summed E-state index contributed by atoms with van der Waals surface area (Å²) in [5, 5.41) is 11.6. The van der Waals surface area contributed by atoms with Crippen LogP contribution in [0.4, 0.5) is 0 Å². The van der Waals surface area contributed by atoms with Crippen LogP contribution in [0.2, 0.25) is 0 Å². The number of carboxylic acid groups (broad SMARTS) is 1. The molecule has 0 saturated carbocycles. The maximum atomic E-state index is 12.1. The summed E-state index contributed by atoms with van der Waals surface area (Å²) in [6, 6.07) is 15.1. The summed E-state index contributed by atoms with van der Waals surface area (Å²) in [6.07, 6.45) is 1.15. The van der Waals surface area contributed by atoms with Crippen LogP contribution in [-0.2, 0) is 16.0 Å². The van der Waals surface area contributed by atoms with E-state index in [0.717, 1.165) is 11.1 Å². The number of hydrogen-bond donors (Lipinski definition) is 2. The van der Waals surface area contributed by atoms with E-state index in [4.69, 9.17) is 9.84 Å². The second kappa shape index (κ2) is 8.87. The maximum absolute atomic E-state index is 12.1. The molecule has 2 aromatic rings. The molecule has 1 atom stereocenters. The molecule has 0 radical (unpaired) electrons. The number of carbonyl (C=O) groups is 2. The highest BCUT2D eigenvalue weighted by atomic mass is 16.5. The van der Waals surface area contributed by atoms with Gasteiger partial charge in [0, 0.05) is 6.42 Å². The Morgan fingerprint density at radius 1 is 1.08 bits per heavy atom. The van der Waals surface area contributed by atoms with E-state index >= 15 is 0 Å². The minimum Gasteiger partial charge on any atom is -0.482 e.